The summed E-state index contributed by atoms with van der Waals surface area (Å²) in [5, 5.41) is 7.53. The van der Waals surface area contributed by atoms with Gasteiger partial charge in [0.05, 0.1) is 0 Å². The summed E-state index contributed by atoms with van der Waals surface area (Å²) in [5.41, 5.74) is 0. The van der Waals surface area contributed by atoms with Gasteiger partial charge in [-0.1, -0.05) is 11.6 Å². The van der Waals surface area contributed by atoms with Gasteiger partial charge >= 0.3 is 0 Å². The number of benzene rings is 1. The van der Waals surface area contributed by atoms with Gasteiger partial charge in [0.25, 0.3) is 0 Å². The van der Waals surface area contributed by atoms with Crippen LogP contribution < -0.4 is 15.4 Å². The molecule has 1 saturated carbocycles. The molecule has 1 fully saturated rings. The molecule has 3 nitrogen and oxygen atoms in total. The third-order valence-electron chi connectivity index (χ3n) is 2.67. The second-order valence-corrected chi connectivity index (χ2v) is 4.72. The van der Waals surface area contributed by atoms with E-state index in [1.165, 1.54) is 12.8 Å². The van der Waals surface area contributed by atoms with Gasteiger partial charge in [-0.3, -0.25) is 0 Å². The molecular weight excluding hydrogens is 236 g/mol. The predicted molar refractivity (Wildman–Crippen MR) is 70.8 cm³/mol. The van der Waals surface area contributed by atoms with Crippen molar-refractivity contribution < 1.29 is 4.74 Å². The maximum absolute atomic E-state index is 5.79. The van der Waals surface area contributed by atoms with Crippen molar-refractivity contribution in [3.05, 3.63) is 29.3 Å². The van der Waals surface area contributed by atoms with E-state index in [2.05, 4.69) is 10.6 Å². The number of rotatable bonds is 8. The van der Waals surface area contributed by atoms with Crippen molar-refractivity contribution in [1.82, 2.24) is 10.6 Å². The molecule has 1 aliphatic rings. The summed E-state index contributed by atoms with van der Waals surface area (Å²) in [6.07, 6.45) is 2.69. The average Bonchev–Trinajstić information content (AvgIpc) is 3.14. The quantitative estimate of drug-likeness (QED) is 0.697. The highest BCUT2D eigenvalue weighted by Crippen LogP contribution is 2.17. The molecule has 1 aromatic rings. The van der Waals surface area contributed by atoms with Crippen molar-refractivity contribution in [1.29, 1.82) is 0 Å². The van der Waals surface area contributed by atoms with Crippen molar-refractivity contribution in [2.75, 3.05) is 26.2 Å². The minimum atomic E-state index is 0.686. The Morgan fingerprint density at radius 1 is 1.12 bits per heavy atom. The molecule has 0 unspecified atom stereocenters. The van der Waals surface area contributed by atoms with Crippen LogP contribution in [-0.4, -0.2) is 32.3 Å². The molecule has 0 heterocycles. The Hall–Kier alpha value is -0.770. The van der Waals surface area contributed by atoms with Crippen LogP contribution in [0.1, 0.15) is 12.8 Å². The fraction of sp³-hybridized carbons (Fsp3) is 0.538. The van der Waals surface area contributed by atoms with Crippen LogP contribution in [0.5, 0.6) is 5.75 Å². The van der Waals surface area contributed by atoms with Crippen LogP contribution in [0.25, 0.3) is 0 Å². The second-order valence-electron chi connectivity index (χ2n) is 4.28. The monoisotopic (exact) mass is 254 g/mol. The second kappa shape index (κ2) is 6.84. The Balaban J connectivity index is 1.46. The molecule has 0 amide bonds. The molecule has 17 heavy (non-hydrogen) atoms. The molecule has 0 spiro atoms. The average molecular weight is 255 g/mol. The molecule has 0 bridgehead atoms. The lowest BCUT2D eigenvalue weighted by atomic mass is 10.3. The summed E-state index contributed by atoms with van der Waals surface area (Å²) in [5.74, 6) is 0.868. The number of nitrogens with one attached hydrogen (secondary N) is 2. The lowest BCUT2D eigenvalue weighted by Gasteiger charge is -2.08. The van der Waals surface area contributed by atoms with Crippen LogP contribution in [0.4, 0.5) is 0 Å². The molecule has 0 radical (unpaired) electrons. The largest absolute Gasteiger partial charge is 0.492 e. The molecule has 2 rings (SSSR count). The molecule has 0 saturated heterocycles. The maximum atomic E-state index is 5.79. The first kappa shape index (κ1) is 12.7. The van der Waals surface area contributed by atoms with Gasteiger partial charge in [0, 0.05) is 30.7 Å². The molecule has 0 atom stereocenters. The predicted octanol–water partition coefficient (Wildman–Crippen LogP) is 2.06. The topological polar surface area (TPSA) is 33.3 Å². The highest BCUT2D eigenvalue weighted by molar-refractivity contribution is 6.30. The highest BCUT2D eigenvalue weighted by atomic mass is 35.5. The van der Waals surface area contributed by atoms with Crippen molar-refractivity contribution in [3.8, 4) is 5.75 Å². The standard InChI is InChI=1S/C13H19ClN2O/c14-11-1-5-13(6-2-11)17-10-9-15-7-8-16-12-3-4-12/h1-2,5-6,12,15-16H,3-4,7-10H2. The Morgan fingerprint density at radius 2 is 1.88 bits per heavy atom. The van der Waals surface area contributed by atoms with Gasteiger partial charge < -0.3 is 15.4 Å². The molecule has 0 aliphatic heterocycles. The van der Waals surface area contributed by atoms with E-state index in [-0.39, 0.29) is 0 Å². The van der Waals surface area contributed by atoms with E-state index in [0.29, 0.717) is 6.61 Å². The molecule has 1 aliphatic carbocycles. The van der Waals surface area contributed by atoms with Crippen LogP contribution in [0, 0.1) is 0 Å². The van der Waals surface area contributed by atoms with Crippen LogP contribution in [-0.2, 0) is 0 Å². The minimum Gasteiger partial charge on any atom is -0.492 e. The highest BCUT2D eigenvalue weighted by Gasteiger charge is 2.19. The van der Waals surface area contributed by atoms with Crippen molar-refractivity contribution >= 4 is 11.6 Å². The van der Waals surface area contributed by atoms with Crippen LogP contribution >= 0.6 is 11.6 Å². The van der Waals surface area contributed by atoms with E-state index in [1.807, 2.05) is 24.3 Å². The molecular formula is C13H19ClN2O. The molecule has 4 heteroatoms. The smallest absolute Gasteiger partial charge is 0.119 e. The van der Waals surface area contributed by atoms with Gasteiger partial charge in [-0.25, -0.2) is 0 Å². The fourth-order valence-electron chi connectivity index (χ4n) is 1.55. The molecule has 0 aromatic heterocycles. The van der Waals surface area contributed by atoms with Crippen molar-refractivity contribution in [2.45, 2.75) is 18.9 Å². The first-order valence-corrected chi connectivity index (χ1v) is 6.55. The summed E-state index contributed by atoms with van der Waals surface area (Å²) < 4.78 is 5.56. The summed E-state index contributed by atoms with van der Waals surface area (Å²) >= 11 is 5.79. The number of ether oxygens (including phenoxy) is 1. The normalized spacial score (nSPS) is 14.9. The number of hydrogen-bond acceptors (Lipinski definition) is 3. The Labute approximate surface area is 107 Å². The fourth-order valence-corrected chi connectivity index (χ4v) is 1.67. The Morgan fingerprint density at radius 3 is 2.59 bits per heavy atom. The first-order chi connectivity index (χ1) is 8.34. The lowest BCUT2D eigenvalue weighted by molar-refractivity contribution is 0.314. The molecule has 1 aromatic carbocycles. The van der Waals surface area contributed by atoms with Gasteiger partial charge in [-0.15, -0.1) is 0 Å². The zero-order valence-electron chi connectivity index (χ0n) is 9.92. The minimum absolute atomic E-state index is 0.686. The Kier molecular flexibility index (Phi) is 5.10. The summed E-state index contributed by atoms with van der Waals surface area (Å²) in [7, 11) is 0. The third kappa shape index (κ3) is 5.39. The van der Waals surface area contributed by atoms with E-state index >= 15 is 0 Å². The van der Waals surface area contributed by atoms with E-state index in [0.717, 1.165) is 36.4 Å². The van der Waals surface area contributed by atoms with Crippen molar-refractivity contribution in [3.63, 3.8) is 0 Å². The number of hydrogen-bond donors (Lipinski definition) is 2. The van der Waals surface area contributed by atoms with E-state index < -0.39 is 0 Å². The third-order valence-corrected chi connectivity index (χ3v) is 2.93. The summed E-state index contributed by atoms with van der Waals surface area (Å²) in [6, 6.07) is 8.24. The van der Waals surface area contributed by atoms with Gasteiger partial charge in [0.2, 0.25) is 0 Å². The molecule has 2 N–H and O–H groups in total. The van der Waals surface area contributed by atoms with Gasteiger partial charge in [0.1, 0.15) is 12.4 Å². The zero-order chi connectivity index (χ0) is 11.9. The van der Waals surface area contributed by atoms with Gasteiger partial charge in [-0.05, 0) is 37.1 Å². The molecule has 94 valence electrons. The maximum Gasteiger partial charge on any atom is 0.119 e. The summed E-state index contributed by atoms with van der Waals surface area (Å²) in [4.78, 5) is 0. The van der Waals surface area contributed by atoms with E-state index in [9.17, 15) is 0 Å². The summed E-state index contributed by atoms with van der Waals surface area (Å²) in [6.45, 7) is 3.60. The number of halogens is 1. The van der Waals surface area contributed by atoms with Crippen LogP contribution in [0.3, 0.4) is 0 Å². The SMILES string of the molecule is Clc1ccc(OCCNCCNC2CC2)cc1. The van der Waals surface area contributed by atoms with Crippen molar-refractivity contribution in [2.24, 2.45) is 0 Å². The van der Waals surface area contributed by atoms with E-state index in [1.54, 1.807) is 0 Å². The van der Waals surface area contributed by atoms with Gasteiger partial charge in [0.15, 0.2) is 0 Å². The van der Waals surface area contributed by atoms with E-state index in [4.69, 9.17) is 16.3 Å². The van der Waals surface area contributed by atoms with Crippen LogP contribution in [0.2, 0.25) is 5.02 Å². The Bertz CT molecular complexity index is 325. The lowest BCUT2D eigenvalue weighted by Crippen LogP contribution is -2.31. The zero-order valence-corrected chi connectivity index (χ0v) is 10.7. The van der Waals surface area contributed by atoms with Crippen LogP contribution in [0.15, 0.2) is 24.3 Å². The first-order valence-electron chi connectivity index (χ1n) is 6.17. The van der Waals surface area contributed by atoms with Gasteiger partial charge in [-0.2, -0.15) is 0 Å².